The molecule has 0 aromatic heterocycles. The molecule has 3 nitrogen and oxygen atoms in total. The van der Waals surface area contributed by atoms with Gasteiger partial charge in [0.1, 0.15) is 5.75 Å². The van der Waals surface area contributed by atoms with Crippen LogP contribution < -0.4 is 10.5 Å². The molecule has 0 aliphatic carbocycles. The summed E-state index contributed by atoms with van der Waals surface area (Å²) in [5.41, 5.74) is 7.38. The van der Waals surface area contributed by atoms with Crippen LogP contribution in [0.1, 0.15) is 24.8 Å². The quantitative estimate of drug-likeness (QED) is 0.795. The number of nitrogens with two attached hydrogens (primary N) is 1. The van der Waals surface area contributed by atoms with Gasteiger partial charge in [-0.05, 0) is 25.3 Å². The predicted molar refractivity (Wildman–Crippen MR) is 68.4 cm³/mol. The number of ether oxygens (including phenoxy) is 2. The van der Waals surface area contributed by atoms with Gasteiger partial charge in [0.15, 0.2) is 0 Å². The molecule has 2 rings (SSSR count). The molecule has 2 N–H and O–H groups in total. The molecule has 94 valence electrons. The number of fused-ring (bicyclic) bond motifs is 1. The minimum atomic E-state index is 0.0768. The molecular weight excluding hydrogens is 214 g/mol. The summed E-state index contributed by atoms with van der Waals surface area (Å²) in [6.07, 6.45) is 3.12. The monoisotopic (exact) mass is 235 g/mol. The second-order valence-electron chi connectivity index (χ2n) is 4.68. The third-order valence-electron chi connectivity index (χ3n) is 3.69. The van der Waals surface area contributed by atoms with Crippen molar-refractivity contribution in [2.24, 2.45) is 5.73 Å². The molecule has 0 saturated carbocycles. The molecule has 0 fully saturated rings. The molecule has 0 saturated heterocycles. The average molecular weight is 235 g/mol. The fourth-order valence-electron chi connectivity index (χ4n) is 2.65. The van der Waals surface area contributed by atoms with Gasteiger partial charge in [-0.3, -0.25) is 0 Å². The molecule has 1 aliphatic rings. The van der Waals surface area contributed by atoms with Crippen LogP contribution in [0.3, 0.4) is 0 Å². The Bertz CT molecular complexity index is 367. The second-order valence-corrected chi connectivity index (χ2v) is 4.68. The summed E-state index contributed by atoms with van der Waals surface area (Å²) < 4.78 is 10.8. The van der Waals surface area contributed by atoms with Gasteiger partial charge in [0, 0.05) is 31.2 Å². The van der Waals surface area contributed by atoms with E-state index in [2.05, 4.69) is 12.1 Å². The summed E-state index contributed by atoms with van der Waals surface area (Å²) in [6, 6.07) is 8.26. The number of benzene rings is 1. The summed E-state index contributed by atoms with van der Waals surface area (Å²) in [7, 11) is 1.74. The zero-order valence-electron chi connectivity index (χ0n) is 10.4. The van der Waals surface area contributed by atoms with Crippen molar-refractivity contribution in [3.8, 4) is 5.75 Å². The van der Waals surface area contributed by atoms with Crippen LogP contribution in [0, 0.1) is 0 Å². The zero-order valence-corrected chi connectivity index (χ0v) is 10.4. The fourth-order valence-corrected chi connectivity index (χ4v) is 2.65. The van der Waals surface area contributed by atoms with Crippen LogP contribution in [-0.4, -0.2) is 26.9 Å². The van der Waals surface area contributed by atoms with Crippen LogP contribution in [0.5, 0.6) is 5.75 Å². The molecule has 1 heterocycles. The first-order valence-electron chi connectivity index (χ1n) is 6.24. The third-order valence-corrected chi connectivity index (χ3v) is 3.69. The van der Waals surface area contributed by atoms with Crippen LogP contribution in [0.25, 0.3) is 0 Å². The zero-order chi connectivity index (χ0) is 12.1. The average Bonchev–Trinajstić information content (AvgIpc) is 2.39. The highest BCUT2D eigenvalue weighted by atomic mass is 16.5. The number of para-hydroxylation sites is 1. The Hall–Kier alpha value is -1.06. The number of hydrogen-bond acceptors (Lipinski definition) is 3. The molecule has 1 atom stereocenters. The standard InChI is InChI=1S/C14H21NO2/c1-16-9-4-7-14(11-15)8-10-17-13-6-3-2-5-12(13)14/h2-3,5-6H,4,7-11,15H2,1H3. The molecule has 0 spiro atoms. The molecule has 0 bridgehead atoms. The van der Waals surface area contributed by atoms with E-state index in [1.54, 1.807) is 7.11 Å². The van der Waals surface area contributed by atoms with Crippen molar-refractivity contribution >= 4 is 0 Å². The van der Waals surface area contributed by atoms with Crippen LogP contribution in [0.15, 0.2) is 24.3 Å². The molecule has 3 heteroatoms. The lowest BCUT2D eigenvalue weighted by Crippen LogP contribution is -2.40. The SMILES string of the molecule is COCCCC1(CN)CCOc2ccccc21. The Kier molecular flexibility index (Phi) is 4.02. The van der Waals surface area contributed by atoms with Gasteiger partial charge in [-0.25, -0.2) is 0 Å². The summed E-state index contributed by atoms with van der Waals surface area (Å²) in [5, 5.41) is 0. The highest BCUT2D eigenvalue weighted by molar-refractivity contribution is 5.41. The van der Waals surface area contributed by atoms with Crippen LogP contribution in [0.2, 0.25) is 0 Å². The normalized spacial score (nSPS) is 22.9. The summed E-state index contributed by atoms with van der Waals surface area (Å²) >= 11 is 0. The van der Waals surface area contributed by atoms with Gasteiger partial charge in [-0.15, -0.1) is 0 Å². The van der Waals surface area contributed by atoms with E-state index in [-0.39, 0.29) is 5.41 Å². The second kappa shape index (κ2) is 5.52. The van der Waals surface area contributed by atoms with E-state index in [1.807, 2.05) is 12.1 Å². The van der Waals surface area contributed by atoms with E-state index in [4.69, 9.17) is 15.2 Å². The van der Waals surface area contributed by atoms with Gasteiger partial charge in [-0.2, -0.15) is 0 Å². The molecule has 0 amide bonds. The molecule has 17 heavy (non-hydrogen) atoms. The Morgan fingerprint density at radius 3 is 3.00 bits per heavy atom. The lowest BCUT2D eigenvalue weighted by molar-refractivity contribution is 0.164. The van der Waals surface area contributed by atoms with E-state index in [1.165, 1.54) is 5.56 Å². The first-order valence-corrected chi connectivity index (χ1v) is 6.24. The van der Waals surface area contributed by atoms with Crippen LogP contribution in [0.4, 0.5) is 0 Å². The maximum absolute atomic E-state index is 6.04. The summed E-state index contributed by atoms with van der Waals surface area (Å²) in [6.45, 7) is 2.24. The van der Waals surface area contributed by atoms with Gasteiger partial charge in [0.2, 0.25) is 0 Å². The van der Waals surface area contributed by atoms with Gasteiger partial charge < -0.3 is 15.2 Å². The maximum atomic E-state index is 6.04. The van der Waals surface area contributed by atoms with Crippen molar-refractivity contribution < 1.29 is 9.47 Å². The minimum Gasteiger partial charge on any atom is -0.493 e. The van der Waals surface area contributed by atoms with Crippen molar-refractivity contribution in [2.45, 2.75) is 24.7 Å². The molecule has 1 aromatic carbocycles. The lowest BCUT2D eigenvalue weighted by Gasteiger charge is -2.38. The van der Waals surface area contributed by atoms with Crippen LogP contribution >= 0.6 is 0 Å². The van der Waals surface area contributed by atoms with Gasteiger partial charge in [0.25, 0.3) is 0 Å². The van der Waals surface area contributed by atoms with E-state index in [0.29, 0.717) is 6.54 Å². The maximum Gasteiger partial charge on any atom is 0.123 e. The summed E-state index contributed by atoms with van der Waals surface area (Å²) in [4.78, 5) is 0. The summed E-state index contributed by atoms with van der Waals surface area (Å²) in [5.74, 6) is 1.00. The minimum absolute atomic E-state index is 0.0768. The van der Waals surface area contributed by atoms with E-state index >= 15 is 0 Å². The molecule has 1 aliphatic heterocycles. The van der Waals surface area contributed by atoms with E-state index in [9.17, 15) is 0 Å². The highest BCUT2D eigenvalue weighted by Gasteiger charge is 2.35. The van der Waals surface area contributed by atoms with Crippen molar-refractivity contribution in [3.63, 3.8) is 0 Å². The van der Waals surface area contributed by atoms with Crippen molar-refractivity contribution in [1.82, 2.24) is 0 Å². The Labute approximate surface area is 103 Å². The highest BCUT2D eigenvalue weighted by Crippen LogP contribution is 2.41. The smallest absolute Gasteiger partial charge is 0.123 e. The van der Waals surface area contributed by atoms with Gasteiger partial charge >= 0.3 is 0 Å². The fraction of sp³-hybridized carbons (Fsp3) is 0.571. The van der Waals surface area contributed by atoms with Crippen LogP contribution in [-0.2, 0) is 10.2 Å². The lowest BCUT2D eigenvalue weighted by atomic mass is 9.73. The number of hydrogen-bond donors (Lipinski definition) is 1. The van der Waals surface area contributed by atoms with Gasteiger partial charge in [0.05, 0.1) is 6.61 Å². The van der Waals surface area contributed by atoms with Gasteiger partial charge in [-0.1, -0.05) is 18.2 Å². The Morgan fingerprint density at radius 1 is 1.41 bits per heavy atom. The largest absolute Gasteiger partial charge is 0.493 e. The third kappa shape index (κ3) is 2.45. The van der Waals surface area contributed by atoms with E-state index in [0.717, 1.165) is 38.2 Å². The molecule has 1 aromatic rings. The van der Waals surface area contributed by atoms with Crippen molar-refractivity contribution in [2.75, 3.05) is 26.9 Å². The predicted octanol–water partition coefficient (Wildman–Crippen LogP) is 2.09. The molecule has 1 unspecified atom stereocenters. The number of rotatable bonds is 5. The molecule has 0 radical (unpaired) electrons. The number of methoxy groups -OCH3 is 1. The van der Waals surface area contributed by atoms with E-state index < -0.39 is 0 Å². The first-order chi connectivity index (χ1) is 8.32. The Morgan fingerprint density at radius 2 is 2.24 bits per heavy atom. The topological polar surface area (TPSA) is 44.5 Å². The molecular formula is C14H21NO2. The van der Waals surface area contributed by atoms with Crippen molar-refractivity contribution in [3.05, 3.63) is 29.8 Å². The van der Waals surface area contributed by atoms with Crippen molar-refractivity contribution in [1.29, 1.82) is 0 Å². The Balaban J connectivity index is 2.22. The first kappa shape index (κ1) is 12.4.